The number of benzene rings is 2. The number of nitrogens with one attached hydrogen (secondary N) is 2. The second-order valence-electron chi connectivity index (χ2n) is 7.14. The Labute approximate surface area is 171 Å². The van der Waals surface area contributed by atoms with Crippen molar-refractivity contribution in [2.45, 2.75) is 30.5 Å². The van der Waals surface area contributed by atoms with Gasteiger partial charge in [-0.25, -0.2) is 4.39 Å². The standard InChI is InChI=1S/C20H21FN4OS2/c1-20(2,3)13-8-10-14(11-9-13)22-17(26)12-27-19-25-24-18(28-19)23-16-7-5-4-6-15(16)21/h4-11H,12H2,1-3H3,(H,22,26)(H,23,24). The third-order valence-corrected chi connectivity index (χ3v) is 5.86. The zero-order chi connectivity index (χ0) is 20.1. The number of thioether (sulfide) groups is 1. The average Bonchev–Trinajstić information content (AvgIpc) is 3.09. The number of amides is 1. The molecule has 2 aromatic carbocycles. The zero-order valence-corrected chi connectivity index (χ0v) is 17.5. The number of carbonyl (C=O) groups is 1. The first-order valence-electron chi connectivity index (χ1n) is 8.69. The summed E-state index contributed by atoms with van der Waals surface area (Å²) in [5.41, 5.74) is 2.39. The number of anilines is 3. The molecule has 5 nitrogen and oxygen atoms in total. The average molecular weight is 417 g/mol. The van der Waals surface area contributed by atoms with Gasteiger partial charge in [-0.2, -0.15) is 0 Å². The van der Waals surface area contributed by atoms with Crippen molar-refractivity contribution < 1.29 is 9.18 Å². The van der Waals surface area contributed by atoms with Crippen molar-refractivity contribution in [2.75, 3.05) is 16.4 Å². The Morgan fingerprint density at radius 3 is 2.50 bits per heavy atom. The first-order valence-corrected chi connectivity index (χ1v) is 10.5. The van der Waals surface area contributed by atoms with Crippen molar-refractivity contribution in [1.82, 2.24) is 10.2 Å². The van der Waals surface area contributed by atoms with Crippen LogP contribution in [0, 0.1) is 5.82 Å². The van der Waals surface area contributed by atoms with E-state index in [0.29, 0.717) is 15.2 Å². The van der Waals surface area contributed by atoms with E-state index in [0.717, 1.165) is 5.69 Å². The molecule has 0 unspecified atom stereocenters. The highest BCUT2D eigenvalue weighted by atomic mass is 32.2. The molecule has 0 saturated carbocycles. The number of nitrogens with zero attached hydrogens (tertiary/aromatic N) is 2. The van der Waals surface area contributed by atoms with E-state index < -0.39 is 0 Å². The van der Waals surface area contributed by atoms with Crippen molar-refractivity contribution in [3.05, 3.63) is 59.9 Å². The Kier molecular flexibility index (Phi) is 6.31. The van der Waals surface area contributed by atoms with E-state index in [9.17, 15) is 9.18 Å². The van der Waals surface area contributed by atoms with Gasteiger partial charge in [-0.05, 0) is 35.2 Å². The summed E-state index contributed by atoms with van der Waals surface area (Å²) in [5.74, 6) is -0.258. The summed E-state index contributed by atoms with van der Waals surface area (Å²) in [7, 11) is 0. The van der Waals surface area contributed by atoms with Crippen molar-refractivity contribution in [2.24, 2.45) is 0 Å². The van der Waals surface area contributed by atoms with E-state index in [1.165, 1.54) is 34.7 Å². The Bertz CT molecular complexity index is 951. The van der Waals surface area contributed by atoms with E-state index in [2.05, 4.69) is 41.6 Å². The minimum Gasteiger partial charge on any atom is -0.328 e. The number of halogens is 1. The van der Waals surface area contributed by atoms with Crippen molar-refractivity contribution >= 4 is 45.5 Å². The highest BCUT2D eigenvalue weighted by Crippen LogP contribution is 2.29. The maximum absolute atomic E-state index is 13.7. The maximum Gasteiger partial charge on any atom is 0.234 e. The molecule has 0 fully saturated rings. The largest absolute Gasteiger partial charge is 0.328 e. The summed E-state index contributed by atoms with van der Waals surface area (Å²) in [6.07, 6.45) is 0. The lowest BCUT2D eigenvalue weighted by atomic mass is 9.87. The smallest absolute Gasteiger partial charge is 0.234 e. The molecule has 8 heteroatoms. The molecule has 3 rings (SSSR count). The van der Waals surface area contributed by atoms with Gasteiger partial charge in [0.1, 0.15) is 5.82 Å². The van der Waals surface area contributed by atoms with Gasteiger partial charge >= 0.3 is 0 Å². The van der Waals surface area contributed by atoms with Gasteiger partial charge in [-0.1, -0.05) is 68.1 Å². The number of para-hydroxylation sites is 1. The molecule has 3 aromatic rings. The van der Waals surface area contributed by atoms with E-state index in [1.54, 1.807) is 18.2 Å². The zero-order valence-electron chi connectivity index (χ0n) is 15.8. The number of aromatic nitrogens is 2. The molecule has 1 heterocycles. The van der Waals surface area contributed by atoms with Crippen LogP contribution in [0.4, 0.5) is 20.9 Å². The van der Waals surface area contributed by atoms with Crippen LogP contribution in [0.1, 0.15) is 26.3 Å². The monoisotopic (exact) mass is 416 g/mol. The van der Waals surface area contributed by atoms with Gasteiger partial charge < -0.3 is 10.6 Å². The lowest BCUT2D eigenvalue weighted by Gasteiger charge is -2.19. The molecular formula is C20H21FN4OS2. The summed E-state index contributed by atoms with van der Waals surface area (Å²) in [6.45, 7) is 6.44. The normalized spacial score (nSPS) is 11.3. The van der Waals surface area contributed by atoms with E-state index >= 15 is 0 Å². The third-order valence-electron chi connectivity index (χ3n) is 3.88. The summed E-state index contributed by atoms with van der Waals surface area (Å²) in [4.78, 5) is 12.2. The summed E-state index contributed by atoms with van der Waals surface area (Å²) < 4.78 is 14.3. The predicted octanol–water partition coefficient (Wildman–Crippen LogP) is 5.45. The molecule has 0 aliphatic heterocycles. The van der Waals surface area contributed by atoms with Crippen molar-refractivity contribution in [3.8, 4) is 0 Å². The van der Waals surface area contributed by atoms with Gasteiger partial charge in [0.25, 0.3) is 0 Å². The van der Waals surface area contributed by atoms with Crippen molar-refractivity contribution in [1.29, 1.82) is 0 Å². The first-order chi connectivity index (χ1) is 13.3. The summed E-state index contributed by atoms with van der Waals surface area (Å²) in [6, 6.07) is 14.2. The summed E-state index contributed by atoms with van der Waals surface area (Å²) >= 11 is 2.56. The van der Waals surface area contributed by atoms with Crippen LogP contribution in [-0.2, 0) is 10.2 Å². The second-order valence-corrected chi connectivity index (χ2v) is 9.34. The highest BCUT2D eigenvalue weighted by molar-refractivity contribution is 8.01. The molecule has 0 aliphatic rings. The number of hydrogen-bond donors (Lipinski definition) is 2. The highest BCUT2D eigenvalue weighted by Gasteiger charge is 2.14. The van der Waals surface area contributed by atoms with E-state index in [4.69, 9.17) is 0 Å². The Morgan fingerprint density at radius 1 is 1.11 bits per heavy atom. The van der Waals surface area contributed by atoms with Crippen LogP contribution in [-0.4, -0.2) is 21.9 Å². The Morgan fingerprint density at radius 2 is 1.82 bits per heavy atom. The van der Waals surface area contributed by atoms with Crippen LogP contribution in [0.2, 0.25) is 0 Å². The SMILES string of the molecule is CC(C)(C)c1ccc(NC(=O)CSc2nnc(Nc3ccccc3F)s2)cc1. The topological polar surface area (TPSA) is 66.9 Å². The number of carbonyl (C=O) groups excluding carboxylic acids is 1. The number of rotatable bonds is 6. The van der Waals surface area contributed by atoms with Gasteiger partial charge in [0.2, 0.25) is 11.0 Å². The molecule has 1 aromatic heterocycles. The molecule has 28 heavy (non-hydrogen) atoms. The lowest BCUT2D eigenvalue weighted by Crippen LogP contribution is -2.15. The minimum atomic E-state index is -0.358. The fourth-order valence-electron chi connectivity index (χ4n) is 2.37. The van der Waals surface area contributed by atoms with Crippen molar-refractivity contribution in [3.63, 3.8) is 0 Å². The Balaban J connectivity index is 1.51. The van der Waals surface area contributed by atoms with Crippen LogP contribution < -0.4 is 10.6 Å². The molecule has 1 amide bonds. The van der Waals surface area contributed by atoms with Gasteiger partial charge in [0.15, 0.2) is 4.34 Å². The molecule has 0 saturated heterocycles. The fourth-order valence-corrected chi connectivity index (χ4v) is 3.94. The molecule has 0 radical (unpaired) electrons. The van der Waals surface area contributed by atoms with Gasteiger partial charge in [-0.3, -0.25) is 4.79 Å². The molecule has 0 atom stereocenters. The molecule has 146 valence electrons. The lowest BCUT2D eigenvalue weighted by molar-refractivity contribution is -0.113. The maximum atomic E-state index is 13.7. The van der Waals surface area contributed by atoms with E-state index in [-0.39, 0.29) is 22.9 Å². The first kappa shape index (κ1) is 20.3. The Hall–Kier alpha value is -2.45. The predicted molar refractivity (Wildman–Crippen MR) is 114 cm³/mol. The van der Waals surface area contributed by atoms with Crippen LogP contribution in [0.25, 0.3) is 0 Å². The fraction of sp³-hybridized carbons (Fsp3) is 0.250. The van der Waals surface area contributed by atoms with Crippen LogP contribution in [0.3, 0.4) is 0 Å². The van der Waals surface area contributed by atoms with Gasteiger partial charge in [0.05, 0.1) is 11.4 Å². The molecule has 0 spiro atoms. The number of hydrogen-bond acceptors (Lipinski definition) is 6. The van der Waals surface area contributed by atoms with Gasteiger partial charge in [-0.15, -0.1) is 10.2 Å². The van der Waals surface area contributed by atoms with Gasteiger partial charge in [0, 0.05) is 5.69 Å². The second kappa shape index (κ2) is 8.70. The third kappa shape index (κ3) is 5.53. The minimum absolute atomic E-state index is 0.0740. The molecule has 0 bridgehead atoms. The van der Waals surface area contributed by atoms with Crippen LogP contribution in [0.15, 0.2) is 52.9 Å². The molecule has 2 N–H and O–H groups in total. The quantitative estimate of drug-likeness (QED) is 0.523. The molecule has 0 aliphatic carbocycles. The van der Waals surface area contributed by atoms with Crippen LogP contribution in [0.5, 0.6) is 0 Å². The molecular weight excluding hydrogens is 395 g/mol. The van der Waals surface area contributed by atoms with E-state index in [1.807, 2.05) is 24.3 Å². The summed E-state index contributed by atoms with van der Waals surface area (Å²) in [5, 5.41) is 14.3. The van der Waals surface area contributed by atoms with Crippen LogP contribution >= 0.6 is 23.1 Å².